The molecule has 0 N–H and O–H groups in total. The molecule has 0 aliphatic carbocycles. The number of carbonyl (C=O) groups excluding carboxylic acids is 1. The molecule has 0 unspecified atom stereocenters. The summed E-state index contributed by atoms with van der Waals surface area (Å²) in [6, 6.07) is 20.8. The van der Waals surface area contributed by atoms with Crippen molar-refractivity contribution in [1.29, 1.82) is 5.26 Å². The Labute approximate surface area is 223 Å². The van der Waals surface area contributed by atoms with Crippen LogP contribution >= 0.6 is 0 Å². The summed E-state index contributed by atoms with van der Waals surface area (Å²) in [5.74, 6) is 0.816. The number of esters is 1. The van der Waals surface area contributed by atoms with Crippen molar-refractivity contribution >= 4 is 34.5 Å². The number of imidazole rings is 1. The van der Waals surface area contributed by atoms with Crippen molar-refractivity contribution in [3.63, 3.8) is 0 Å². The average molecular weight is 508 g/mol. The summed E-state index contributed by atoms with van der Waals surface area (Å²) >= 11 is 0. The second-order valence-electron chi connectivity index (χ2n) is 9.58. The Morgan fingerprint density at radius 2 is 1.82 bits per heavy atom. The van der Waals surface area contributed by atoms with Crippen molar-refractivity contribution in [2.45, 2.75) is 26.7 Å². The van der Waals surface area contributed by atoms with Crippen LogP contribution in [0.25, 0.3) is 22.8 Å². The first kappa shape index (κ1) is 25.5. The van der Waals surface area contributed by atoms with Crippen LogP contribution in [0.15, 0.2) is 60.7 Å². The van der Waals surface area contributed by atoms with Crippen LogP contribution in [-0.4, -0.2) is 59.6 Å². The van der Waals surface area contributed by atoms with E-state index in [2.05, 4.69) is 62.8 Å². The number of ether oxygens (including phenoxy) is 1. The van der Waals surface area contributed by atoms with Crippen molar-refractivity contribution in [2.75, 3.05) is 44.2 Å². The Hall–Kier alpha value is -4.15. The SMILES string of the molecule is CCOC(=O)CCc1c(C)c(C#N)c2nc3ccccc3n2c1N1CCN(CC=Cc2ccccc2)CC1. The zero-order valence-corrected chi connectivity index (χ0v) is 22.1. The van der Waals surface area contributed by atoms with E-state index in [0.29, 0.717) is 24.2 Å². The molecule has 1 fully saturated rings. The monoisotopic (exact) mass is 507 g/mol. The van der Waals surface area contributed by atoms with Gasteiger partial charge in [0.05, 0.1) is 23.2 Å². The molecule has 0 saturated carbocycles. The Morgan fingerprint density at radius 3 is 2.55 bits per heavy atom. The maximum absolute atomic E-state index is 12.3. The Morgan fingerprint density at radius 1 is 1.08 bits per heavy atom. The molecule has 4 aromatic rings. The van der Waals surface area contributed by atoms with Gasteiger partial charge in [-0.05, 0) is 49.1 Å². The number of benzene rings is 2. The van der Waals surface area contributed by atoms with Crippen LogP contribution in [0.2, 0.25) is 0 Å². The Kier molecular flexibility index (Phi) is 7.71. The third-order valence-corrected chi connectivity index (χ3v) is 7.24. The third kappa shape index (κ3) is 5.13. The van der Waals surface area contributed by atoms with Crippen LogP contribution < -0.4 is 4.90 Å². The van der Waals surface area contributed by atoms with Crippen molar-refractivity contribution < 1.29 is 9.53 Å². The second kappa shape index (κ2) is 11.5. The fourth-order valence-corrected chi connectivity index (χ4v) is 5.30. The van der Waals surface area contributed by atoms with Gasteiger partial charge in [-0.2, -0.15) is 5.26 Å². The number of aromatic nitrogens is 2. The van der Waals surface area contributed by atoms with Crippen LogP contribution in [0.3, 0.4) is 0 Å². The van der Waals surface area contributed by atoms with Gasteiger partial charge in [0.1, 0.15) is 11.9 Å². The summed E-state index contributed by atoms with van der Waals surface area (Å²) in [4.78, 5) is 22.0. The first-order valence-corrected chi connectivity index (χ1v) is 13.3. The lowest BCUT2D eigenvalue weighted by Crippen LogP contribution is -2.47. The van der Waals surface area contributed by atoms with Gasteiger partial charge >= 0.3 is 5.97 Å². The van der Waals surface area contributed by atoms with E-state index in [-0.39, 0.29) is 12.4 Å². The smallest absolute Gasteiger partial charge is 0.306 e. The summed E-state index contributed by atoms with van der Waals surface area (Å²) in [6.07, 6.45) is 5.18. The van der Waals surface area contributed by atoms with E-state index in [9.17, 15) is 10.1 Å². The second-order valence-corrected chi connectivity index (χ2v) is 9.58. The predicted octanol–water partition coefficient (Wildman–Crippen LogP) is 5.00. The quantitative estimate of drug-likeness (QED) is 0.313. The fourth-order valence-electron chi connectivity index (χ4n) is 5.30. The zero-order valence-electron chi connectivity index (χ0n) is 22.1. The maximum atomic E-state index is 12.3. The van der Waals surface area contributed by atoms with Crippen molar-refractivity contribution in [3.05, 3.63) is 82.9 Å². The minimum Gasteiger partial charge on any atom is -0.466 e. The molecule has 2 aromatic heterocycles. The molecule has 7 nitrogen and oxygen atoms in total. The van der Waals surface area contributed by atoms with E-state index >= 15 is 0 Å². The van der Waals surface area contributed by atoms with E-state index in [1.165, 1.54) is 5.56 Å². The minimum atomic E-state index is -0.220. The Balaban J connectivity index is 1.48. The maximum Gasteiger partial charge on any atom is 0.306 e. The summed E-state index contributed by atoms with van der Waals surface area (Å²) in [7, 11) is 0. The van der Waals surface area contributed by atoms with E-state index in [0.717, 1.165) is 60.7 Å². The molecule has 1 aliphatic rings. The van der Waals surface area contributed by atoms with Crippen LogP contribution in [0.5, 0.6) is 0 Å². The number of rotatable bonds is 8. The number of anilines is 1. The van der Waals surface area contributed by atoms with E-state index in [1.54, 1.807) is 0 Å². The number of hydrogen-bond donors (Lipinski definition) is 0. The van der Waals surface area contributed by atoms with Gasteiger partial charge in [0.15, 0.2) is 5.65 Å². The van der Waals surface area contributed by atoms with Gasteiger partial charge in [-0.3, -0.25) is 14.1 Å². The number of nitrogens with zero attached hydrogens (tertiary/aromatic N) is 5. The molecule has 7 heteroatoms. The molecular formula is C31H33N5O2. The van der Waals surface area contributed by atoms with E-state index in [4.69, 9.17) is 9.72 Å². The third-order valence-electron chi connectivity index (χ3n) is 7.24. The van der Waals surface area contributed by atoms with Crippen LogP contribution in [-0.2, 0) is 16.0 Å². The molecule has 0 bridgehead atoms. The highest BCUT2D eigenvalue weighted by molar-refractivity contribution is 5.86. The standard InChI is InChI=1S/C31H33N5O2/c1-3-38-29(37)16-15-25-23(2)26(22-32)30-33-27-13-7-8-14-28(27)36(30)31(25)35-20-18-34(19-21-35)17-9-12-24-10-5-4-6-11-24/h4-14H,3,15-21H2,1-2H3. The molecule has 3 heterocycles. The molecule has 5 rings (SSSR count). The minimum absolute atomic E-state index is 0.220. The van der Waals surface area contributed by atoms with E-state index < -0.39 is 0 Å². The lowest BCUT2D eigenvalue weighted by Gasteiger charge is -2.37. The summed E-state index contributed by atoms with van der Waals surface area (Å²) in [5, 5.41) is 10.1. The number of carbonyl (C=O) groups is 1. The van der Waals surface area contributed by atoms with Crippen molar-refractivity contribution in [3.8, 4) is 6.07 Å². The number of pyridine rings is 1. The first-order chi connectivity index (χ1) is 18.6. The van der Waals surface area contributed by atoms with Crippen LogP contribution in [0.4, 0.5) is 5.82 Å². The van der Waals surface area contributed by atoms with Gasteiger partial charge in [0.2, 0.25) is 0 Å². The van der Waals surface area contributed by atoms with Gasteiger partial charge in [0.25, 0.3) is 0 Å². The molecule has 38 heavy (non-hydrogen) atoms. The lowest BCUT2D eigenvalue weighted by molar-refractivity contribution is -0.143. The van der Waals surface area contributed by atoms with Crippen LogP contribution in [0, 0.1) is 18.3 Å². The number of nitriles is 1. The highest BCUT2D eigenvalue weighted by atomic mass is 16.5. The molecule has 1 aliphatic heterocycles. The molecule has 2 aromatic carbocycles. The molecule has 1 saturated heterocycles. The van der Waals surface area contributed by atoms with Crippen molar-refractivity contribution in [1.82, 2.24) is 14.3 Å². The number of piperazine rings is 1. The molecule has 0 amide bonds. The van der Waals surface area contributed by atoms with Gasteiger partial charge in [-0.1, -0.05) is 54.6 Å². The highest BCUT2D eigenvalue weighted by Gasteiger charge is 2.27. The number of hydrogen-bond acceptors (Lipinski definition) is 6. The van der Waals surface area contributed by atoms with Gasteiger partial charge in [-0.15, -0.1) is 0 Å². The molecule has 194 valence electrons. The van der Waals surface area contributed by atoms with Gasteiger partial charge in [-0.25, -0.2) is 4.98 Å². The molecular weight excluding hydrogens is 474 g/mol. The number of para-hydroxylation sites is 2. The lowest BCUT2D eigenvalue weighted by atomic mass is 9.99. The highest BCUT2D eigenvalue weighted by Crippen LogP contribution is 2.34. The van der Waals surface area contributed by atoms with Gasteiger partial charge < -0.3 is 9.64 Å². The summed E-state index contributed by atoms with van der Waals surface area (Å²) in [5.41, 5.74) is 6.18. The summed E-state index contributed by atoms with van der Waals surface area (Å²) < 4.78 is 7.35. The van der Waals surface area contributed by atoms with Crippen LogP contribution in [0.1, 0.15) is 35.6 Å². The predicted molar refractivity (Wildman–Crippen MR) is 151 cm³/mol. The topological polar surface area (TPSA) is 73.9 Å². The normalized spacial score (nSPS) is 14.4. The van der Waals surface area contributed by atoms with Gasteiger partial charge in [0, 0.05) is 39.1 Å². The van der Waals surface area contributed by atoms with Crippen molar-refractivity contribution in [2.24, 2.45) is 0 Å². The zero-order chi connectivity index (χ0) is 26.5. The fraction of sp³-hybridized carbons (Fsp3) is 0.323. The molecule has 0 radical (unpaired) electrons. The summed E-state index contributed by atoms with van der Waals surface area (Å²) in [6.45, 7) is 8.59. The molecule has 0 atom stereocenters. The van der Waals surface area contributed by atoms with E-state index in [1.807, 2.05) is 38.1 Å². The Bertz CT molecular complexity index is 1510. The average Bonchev–Trinajstić information content (AvgIpc) is 3.32. The first-order valence-electron chi connectivity index (χ1n) is 13.3. The largest absolute Gasteiger partial charge is 0.466 e. The number of fused-ring (bicyclic) bond motifs is 3. The molecule has 0 spiro atoms.